The van der Waals surface area contributed by atoms with E-state index in [1.54, 1.807) is 0 Å². The molecule has 0 amide bonds. The highest BCUT2D eigenvalue weighted by Crippen LogP contribution is 2.22. The summed E-state index contributed by atoms with van der Waals surface area (Å²) < 4.78 is 26.6. The summed E-state index contributed by atoms with van der Waals surface area (Å²) >= 11 is 3.16. The highest BCUT2D eigenvalue weighted by atomic mass is 79.9. The number of anilines is 1. The SMILES string of the molecule is CC(O)(CO)CNS(=O)(=O)c1ccc(Br)c(N)c1. The van der Waals surface area contributed by atoms with Gasteiger partial charge in [-0.25, -0.2) is 13.1 Å². The molecule has 102 valence electrons. The number of nitrogens with one attached hydrogen (secondary N) is 1. The standard InChI is InChI=1S/C10H15BrN2O4S/c1-10(15,6-14)5-13-18(16,17)7-2-3-8(11)9(12)4-7/h2-4,13-15H,5-6,12H2,1H3. The van der Waals surface area contributed by atoms with Gasteiger partial charge >= 0.3 is 0 Å². The van der Waals surface area contributed by atoms with Crippen LogP contribution in [0.25, 0.3) is 0 Å². The fraction of sp³-hybridized carbons (Fsp3) is 0.400. The number of nitrogens with two attached hydrogens (primary N) is 1. The van der Waals surface area contributed by atoms with Crippen LogP contribution in [0.5, 0.6) is 0 Å². The third kappa shape index (κ3) is 3.92. The Labute approximate surface area is 114 Å². The maximum absolute atomic E-state index is 11.9. The predicted octanol–water partition coefficient (Wildman–Crippen LogP) is 0.0529. The Bertz CT molecular complexity index is 531. The Morgan fingerprint density at radius 3 is 2.61 bits per heavy atom. The molecule has 0 fully saturated rings. The monoisotopic (exact) mass is 338 g/mol. The van der Waals surface area contributed by atoms with Gasteiger partial charge in [0.05, 0.1) is 17.1 Å². The van der Waals surface area contributed by atoms with Crippen molar-refractivity contribution in [2.75, 3.05) is 18.9 Å². The van der Waals surface area contributed by atoms with Crippen LogP contribution < -0.4 is 10.5 Å². The van der Waals surface area contributed by atoms with Gasteiger partial charge < -0.3 is 15.9 Å². The largest absolute Gasteiger partial charge is 0.398 e. The molecule has 6 nitrogen and oxygen atoms in total. The first-order valence-electron chi connectivity index (χ1n) is 5.06. The van der Waals surface area contributed by atoms with Crippen LogP contribution in [0.15, 0.2) is 27.6 Å². The van der Waals surface area contributed by atoms with E-state index in [-0.39, 0.29) is 11.4 Å². The predicted molar refractivity (Wildman–Crippen MR) is 71.5 cm³/mol. The van der Waals surface area contributed by atoms with E-state index >= 15 is 0 Å². The van der Waals surface area contributed by atoms with Crippen LogP contribution in [-0.2, 0) is 10.0 Å². The number of nitrogen functional groups attached to an aromatic ring is 1. The zero-order valence-corrected chi connectivity index (χ0v) is 12.1. The summed E-state index contributed by atoms with van der Waals surface area (Å²) in [6.07, 6.45) is 0. The van der Waals surface area contributed by atoms with Gasteiger partial charge in [0.15, 0.2) is 0 Å². The summed E-state index contributed by atoms with van der Waals surface area (Å²) in [5.74, 6) is 0. The molecule has 5 N–H and O–H groups in total. The van der Waals surface area contributed by atoms with Crippen molar-refractivity contribution in [3.8, 4) is 0 Å². The fourth-order valence-electron chi connectivity index (χ4n) is 1.08. The molecule has 18 heavy (non-hydrogen) atoms. The van der Waals surface area contributed by atoms with E-state index < -0.39 is 22.2 Å². The first-order chi connectivity index (χ1) is 8.18. The minimum atomic E-state index is -3.76. The minimum absolute atomic E-state index is 0.00283. The van der Waals surface area contributed by atoms with Crippen molar-refractivity contribution >= 4 is 31.6 Å². The van der Waals surface area contributed by atoms with Crippen molar-refractivity contribution in [3.63, 3.8) is 0 Å². The van der Waals surface area contributed by atoms with E-state index in [0.717, 1.165) is 0 Å². The lowest BCUT2D eigenvalue weighted by atomic mass is 10.1. The zero-order chi connectivity index (χ0) is 14.0. The van der Waals surface area contributed by atoms with Crippen molar-refractivity contribution in [1.29, 1.82) is 0 Å². The van der Waals surface area contributed by atoms with Gasteiger partial charge in [0, 0.05) is 16.7 Å². The van der Waals surface area contributed by atoms with Crippen molar-refractivity contribution in [2.24, 2.45) is 0 Å². The van der Waals surface area contributed by atoms with E-state index in [4.69, 9.17) is 10.8 Å². The highest BCUT2D eigenvalue weighted by molar-refractivity contribution is 9.10. The number of hydrogen-bond donors (Lipinski definition) is 4. The van der Waals surface area contributed by atoms with E-state index in [9.17, 15) is 13.5 Å². The summed E-state index contributed by atoms with van der Waals surface area (Å²) in [5.41, 5.74) is 4.39. The smallest absolute Gasteiger partial charge is 0.240 e. The summed E-state index contributed by atoms with van der Waals surface area (Å²) in [4.78, 5) is -0.00283. The fourth-order valence-corrected chi connectivity index (χ4v) is 2.52. The molecule has 1 aromatic carbocycles. The van der Waals surface area contributed by atoms with Gasteiger partial charge in [-0.15, -0.1) is 0 Å². The second kappa shape index (κ2) is 5.54. The Balaban J connectivity index is 2.90. The molecule has 0 saturated carbocycles. The van der Waals surface area contributed by atoms with E-state index in [2.05, 4.69) is 20.7 Å². The molecular formula is C10H15BrN2O4S. The lowest BCUT2D eigenvalue weighted by Gasteiger charge is -2.20. The number of hydrogen-bond acceptors (Lipinski definition) is 5. The Kier molecular flexibility index (Phi) is 4.73. The molecule has 0 aliphatic carbocycles. The van der Waals surface area contributed by atoms with E-state index in [1.165, 1.54) is 25.1 Å². The lowest BCUT2D eigenvalue weighted by Crippen LogP contribution is -2.43. The molecule has 8 heteroatoms. The normalized spacial score (nSPS) is 15.3. The number of benzene rings is 1. The van der Waals surface area contributed by atoms with Crippen molar-refractivity contribution in [2.45, 2.75) is 17.4 Å². The summed E-state index contributed by atoms with van der Waals surface area (Å²) in [5, 5.41) is 18.4. The second-order valence-electron chi connectivity index (χ2n) is 4.16. The van der Waals surface area contributed by atoms with Gasteiger partial charge in [0.2, 0.25) is 10.0 Å². The highest BCUT2D eigenvalue weighted by Gasteiger charge is 2.23. The van der Waals surface area contributed by atoms with Crippen LogP contribution in [0.4, 0.5) is 5.69 Å². The molecule has 0 spiro atoms. The molecule has 0 bridgehead atoms. The van der Waals surface area contributed by atoms with Crippen LogP contribution in [0, 0.1) is 0 Å². The maximum Gasteiger partial charge on any atom is 0.240 e. The third-order valence-electron chi connectivity index (χ3n) is 2.26. The van der Waals surface area contributed by atoms with Gasteiger partial charge in [-0.05, 0) is 41.1 Å². The quantitative estimate of drug-likeness (QED) is 0.567. The molecule has 1 unspecified atom stereocenters. The van der Waals surface area contributed by atoms with E-state index in [0.29, 0.717) is 10.2 Å². The van der Waals surface area contributed by atoms with Gasteiger partial charge in [-0.2, -0.15) is 0 Å². The summed E-state index contributed by atoms with van der Waals surface area (Å²) in [7, 11) is -3.76. The van der Waals surface area contributed by atoms with Crippen LogP contribution >= 0.6 is 15.9 Å². The zero-order valence-electron chi connectivity index (χ0n) is 9.72. The molecule has 0 heterocycles. The molecular weight excluding hydrogens is 324 g/mol. The van der Waals surface area contributed by atoms with Gasteiger partial charge in [0.1, 0.15) is 0 Å². The van der Waals surface area contributed by atoms with Gasteiger partial charge in [-0.1, -0.05) is 0 Å². The molecule has 0 saturated heterocycles. The number of aliphatic hydroxyl groups excluding tert-OH is 1. The Morgan fingerprint density at radius 1 is 1.50 bits per heavy atom. The van der Waals surface area contributed by atoms with Crippen LogP contribution in [-0.4, -0.2) is 37.4 Å². The van der Waals surface area contributed by atoms with Crippen molar-refractivity contribution < 1.29 is 18.6 Å². The number of sulfonamides is 1. The van der Waals surface area contributed by atoms with Crippen molar-refractivity contribution in [1.82, 2.24) is 4.72 Å². The third-order valence-corrected chi connectivity index (χ3v) is 4.38. The first kappa shape index (κ1) is 15.4. The molecule has 0 aromatic heterocycles. The van der Waals surface area contributed by atoms with Gasteiger partial charge in [0.25, 0.3) is 0 Å². The molecule has 0 aliphatic heterocycles. The summed E-state index contributed by atoms with van der Waals surface area (Å²) in [6, 6.07) is 4.21. The molecule has 1 aromatic rings. The van der Waals surface area contributed by atoms with Crippen LogP contribution in [0.2, 0.25) is 0 Å². The summed E-state index contributed by atoms with van der Waals surface area (Å²) in [6.45, 7) is 0.491. The maximum atomic E-state index is 11.9. The minimum Gasteiger partial charge on any atom is -0.398 e. The number of rotatable bonds is 5. The molecule has 0 radical (unpaired) electrons. The van der Waals surface area contributed by atoms with Crippen molar-refractivity contribution in [3.05, 3.63) is 22.7 Å². The van der Waals surface area contributed by atoms with E-state index in [1.807, 2.05) is 0 Å². The lowest BCUT2D eigenvalue weighted by molar-refractivity contribution is 0.00681. The average Bonchev–Trinajstić information content (AvgIpc) is 2.30. The Morgan fingerprint density at radius 2 is 2.11 bits per heavy atom. The topological polar surface area (TPSA) is 113 Å². The molecule has 1 rings (SSSR count). The molecule has 0 aliphatic rings. The first-order valence-corrected chi connectivity index (χ1v) is 7.33. The number of halogens is 1. The number of aliphatic hydroxyl groups is 2. The van der Waals surface area contributed by atoms with Crippen LogP contribution in [0.1, 0.15) is 6.92 Å². The second-order valence-corrected chi connectivity index (χ2v) is 6.78. The molecule has 1 atom stereocenters. The van der Waals surface area contributed by atoms with Crippen LogP contribution in [0.3, 0.4) is 0 Å². The Hall–Kier alpha value is -0.670. The van der Waals surface area contributed by atoms with Gasteiger partial charge in [-0.3, -0.25) is 0 Å². The average molecular weight is 339 g/mol.